The molecule has 2 aromatic rings. The first kappa shape index (κ1) is 14.5. The van der Waals surface area contributed by atoms with Crippen LogP contribution in [0.2, 0.25) is 0 Å². The zero-order valence-electron chi connectivity index (χ0n) is 11.6. The average molecular weight is 295 g/mol. The van der Waals surface area contributed by atoms with Crippen LogP contribution < -0.4 is 10.5 Å². The number of benzene rings is 1. The van der Waals surface area contributed by atoms with Crippen LogP contribution in [0.5, 0.6) is 11.6 Å². The number of nitrogens with zero attached hydrogens (tertiary/aromatic N) is 2. The lowest BCUT2D eigenvalue weighted by Gasteiger charge is -2.09. The molecule has 7 heteroatoms. The number of hydrogen-bond acceptors (Lipinski definition) is 5. The highest BCUT2D eigenvalue weighted by atomic mass is 32.2. The third-order valence-electron chi connectivity index (χ3n) is 2.94. The summed E-state index contributed by atoms with van der Waals surface area (Å²) in [6, 6.07) is 6.34. The van der Waals surface area contributed by atoms with Gasteiger partial charge in [-0.2, -0.15) is 5.10 Å². The Morgan fingerprint density at radius 3 is 2.70 bits per heavy atom. The topological polar surface area (TPSA) is 87.2 Å². The number of sulfone groups is 1. The predicted octanol–water partition coefficient (Wildman–Crippen LogP) is 1.38. The Morgan fingerprint density at radius 2 is 2.10 bits per heavy atom. The summed E-state index contributed by atoms with van der Waals surface area (Å²) in [6.07, 6.45) is 1.16. The molecular weight excluding hydrogens is 278 g/mol. The minimum absolute atomic E-state index is 0.211. The summed E-state index contributed by atoms with van der Waals surface area (Å²) in [6.45, 7) is 2.16. The third-order valence-corrected chi connectivity index (χ3v) is 4.05. The summed E-state index contributed by atoms with van der Waals surface area (Å²) in [5.41, 5.74) is 7.29. The molecule has 6 nitrogen and oxygen atoms in total. The summed E-state index contributed by atoms with van der Waals surface area (Å²) in [7, 11) is -1.51. The fourth-order valence-electron chi connectivity index (χ4n) is 1.92. The predicted molar refractivity (Wildman–Crippen MR) is 75.5 cm³/mol. The van der Waals surface area contributed by atoms with Crippen LogP contribution in [0.1, 0.15) is 11.3 Å². The standard InChI is InChI=1S/C13H17N3O3S/c1-9-12(8-14)13(16(2)15-9)19-10-5-4-6-11(7-10)20(3,17)18/h4-7H,8,14H2,1-3H3. The molecule has 0 saturated heterocycles. The molecule has 0 atom stereocenters. The molecule has 1 aromatic carbocycles. The first-order valence-corrected chi connectivity index (χ1v) is 7.92. The lowest BCUT2D eigenvalue weighted by atomic mass is 10.2. The molecule has 0 fully saturated rings. The van der Waals surface area contributed by atoms with Gasteiger partial charge in [0.2, 0.25) is 5.88 Å². The van der Waals surface area contributed by atoms with E-state index in [9.17, 15) is 8.42 Å². The highest BCUT2D eigenvalue weighted by molar-refractivity contribution is 7.90. The summed E-state index contributed by atoms with van der Waals surface area (Å²) >= 11 is 0. The van der Waals surface area contributed by atoms with Gasteiger partial charge in [0.1, 0.15) is 5.75 Å². The molecule has 0 aliphatic rings. The summed E-state index contributed by atoms with van der Waals surface area (Å²) in [5, 5.41) is 4.24. The summed E-state index contributed by atoms with van der Waals surface area (Å²) in [5.74, 6) is 0.960. The van der Waals surface area contributed by atoms with Gasteiger partial charge in [0.05, 0.1) is 16.2 Å². The van der Waals surface area contributed by atoms with Crippen LogP contribution in [0.15, 0.2) is 29.2 Å². The van der Waals surface area contributed by atoms with Crippen LogP contribution in [0, 0.1) is 6.92 Å². The van der Waals surface area contributed by atoms with Crippen molar-refractivity contribution in [2.75, 3.05) is 6.26 Å². The van der Waals surface area contributed by atoms with Crippen LogP contribution in [-0.2, 0) is 23.4 Å². The van der Waals surface area contributed by atoms with Gasteiger partial charge in [-0.1, -0.05) is 6.07 Å². The molecule has 108 valence electrons. The van der Waals surface area contributed by atoms with Gasteiger partial charge < -0.3 is 10.5 Å². The highest BCUT2D eigenvalue weighted by Crippen LogP contribution is 2.28. The largest absolute Gasteiger partial charge is 0.439 e. The molecule has 2 N–H and O–H groups in total. The normalized spacial score (nSPS) is 11.6. The SMILES string of the molecule is Cc1nn(C)c(Oc2cccc(S(C)(=O)=O)c2)c1CN. The molecule has 0 bridgehead atoms. The molecule has 0 amide bonds. The molecule has 0 radical (unpaired) electrons. The van der Waals surface area contributed by atoms with E-state index < -0.39 is 9.84 Å². The van der Waals surface area contributed by atoms with Crippen molar-refractivity contribution in [2.24, 2.45) is 12.8 Å². The molecule has 1 heterocycles. The van der Waals surface area contributed by atoms with Crippen molar-refractivity contribution < 1.29 is 13.2 Å². The number of aromatic nitrogens is 2. The Morgan fingerprint density at radius 1 is 1.40 bits per heavy atom. The van der Waals surface area contributed by atoms with Gasteiger partial charge >= 0.3 is 0 Å². The minimum atomic E-state index is -3.27. The highest BCUT2D eigenvalue weighted by Gasteiger charge is 2.15. The maximum absolute atomic E-state index is 11.5. The number of ether oxygens (including phenoxy) is 1. The van der Waals surface area contributed by atoms with E-state index in [0.29, 0.717) is 18.2 Å². The van der Waals surface area contributed by atoms with Crippen molar-refractivity contribution in [3.05, 3.63) is 35.5 Å². The Bertz CT molecular complexity index is 735. The van der Waals surface area contributed by atoms with E-state index >= 15 is 0 Å². The van der Waals surface area contributed by atoms with Crippen LogP contribution in [0.25, 0.3) is 0 Å². The minimum Gasteiger partial charge on any atom is -0.439 e. The number of rotatable bonds is 4. The smallest absolute Gasteiger partial charge is 0.222 e. The Labute approximate surface area is 118 Å². The van der Waals surface area contributed by atoms with Crippen molar-refractivity contribution in [3.63, 3.8) is 0 Å². The van der Waals surface area contributed by atoms with Crippen molar-refractivity contribution >= 4 is 9.84 Å². The summed E-state index contributed by atoms with van der Waals surface area (Å²) in [4.78, 5) is 0.211. The second-order valence-electron chi connectivity index (χ2n) is 4.55. The van der Waals surface area contributed by atoms with Crippen molar-refractivity contribution in [3.8, 4) is 11.6 Å². The molecular formula is C13H17N3O3S. The quantitative estimate of drug-likeness (QED) is 0.920. The van der Waals surface area contributed by atoms with E-state index in [2.05, 4.69) is 5.10 Å². The van der Waals surface area contributed by atoms with E-state index in [4.69, 9.17) is 10.5 Å². The second-order valence-corrected chi connectivity index (χ2v) is 6.56. The first-order valence-electron chi connectivity index (χ1n) is 6.03. The molecule has 0 spiro atoms. The second kappa shape index (κ2) is 5.26. The lowest BCUT2D eigenvalue weighted by molar-refractivity contribution is 0.425. The number of hydrogen-bond donors (Lipinski definition) is 1. The fourth-order valence-corrected chi connectivity index (χ4v) is 2.58. The Kier molecular flexibility index (Phi) is 3.82. The van der Waals surface area contributed by atoms with Crippen molar-refractivity contribution in [1.29, 1.82) is 0 Å². The molecule has 0 aliphatic heterocycles. The van der Waals surface area contributed by atoms with Gasteiger partial charge in [0.15, 0.2) is 9.84 Å². The van der Waals surface area contributed by atoms with Crippen molar-refractivity contribution in [1.82, 2.24) is 9.78 Å². The monoisotopic (exact) mass is 295 g/mol. The van der Waals surface area contributed by atoms with Gasteiger partial charge in [0, 0.05) is 19.8 Å². The molecule has 1 aromatic heterocycles. The third kappa shape index (κ3) is 2.83. The van der Waals surface area contributed by atoms with Gasteiger partial charge in [0.25, 0.3) is 0 Å². The van der Waals surface area contributed by atoms with Crippen molar-refractivity contribution in [2.45, 2.75) is 18.4 Å². The van der Waals surface area contributed by atoms with Gasteiger partial charge in [-0.25, -0.2) is 13.1 Å². The first-order chi connectivity index (χ1) is 9.32. The fraction of sp³-hybridized carbons (Fsp3) is 0.308. The van der Waals surface area contributed by atoms with E-state index in [-0.39, 0.29) is 4.90 Å². The zero-order chi connectivity index (χ0) is 14.9. The number of nitrogens with two attached hydrogens (primary N) is 1. The molecule has 20 heavy (non-hydrogen) atoms. The van der Waals surface area contributed by atoms with E-state index in [1.165, 1.54) is 12.1 Å². The van der Waals surface area contributed by atoms with Crippen LogP contribution in [0.3, 0.4) is 0 Å². The van der Waals surface area contributed by atoms with Gasteiger partial charge in [-0.3, -0.25) is 0 Å². The number of aryl methyl sites for hydroxylation is 2. The van der Waals surface area contributed by atoms with Gasteiger partial charge in [-0.05, 0) is 25.1 Å². The Hall–Kier alpha value is -1.86. The molecule has 2 rings (SSSR count). The van der Waals surface area contributed by atoms with Crippen LogP contribution in [-0.4, -0.2) is 24.5 Å². The van der Waals surface area contributed by atoms with E-state index in [0.717, 1.165) is 17.5 Å². The van der Waals surface area contributed by atoms with Gasteiger partial charge in [-0.15, -0.1) is 0 Å². The maximum Gasteiger partial charge on any atom is 0.222 e. The maximum atomic E-state index is 11.5. The van der Waals surface area contributed by atoms with E-state index in [1.54, 1.807) is 23.9 Å². The molecule has 0 aliphatic carbocycles. The zero-order valence-corrected chi connectivity index (χ0v) is 12.4. The van der Waals surface area contributed by atoms with E-state index in [1.807, 2.05) is 6.92 Å². The van der Waals surface area contributed by atoms with Crippen LogP contribution in [0.4, 0.5) is 0 Å². The molecule has 0 saturated carbocycles. The molecule has 0 unspecified atom stereocenters. The Balaban J connectivity index is 2.41. The lowest BCUT2D eigenvalue weighted by Crippen LogP contribution is -2.02. The average Bonchev–Trinajstić information content (AvgIpc) is 2.63. The summed E-state index contributed by atoms with van der Waals surface area (Å²) < 4.78 is 30.4. The van der Waals surface area contributed by atoms with Crippen LogP contribution >= 0.6 is 0 Å².